The van der Waals surface area contributed by atoms with Gasteiger partial charge < -0.3 is 19.1 Å². The smallest absolute Gasteiger partial charge is 0.325 e. The third kappa shape index (κ3) is 4.11. The van der Waals surface area contributed by atoms with Gasteiger partial charge in [-0.2, -0.15) is 0 Å². The number of amides is 1. The molecule has 0 spiro atoms. The van der Waals surface area contributed by atoms with E-state index in [-0.39, 0.29) is 19.2 Å². The van der Waals surface area contributed by atoms with Crippen LogP contribution in [0.15, 0.2) is 18.2 Å². The van der Waals surface area contributed by atoms with Crippen LogP contribution in [0.1, 0.15) is 18.9 Å². The Balaban J connectivity index is 1.82. The van der Waals surface area contributed by atoms with Gasteiger partial charge in [0.05, 0.1) is 6.61 Å². The molecule has 21 heavy (non-hydrogen) atoms. The fourth-order valence-electron chi connectivity index (χ4n) is 2.03. The van der Waals surface area contributed by atoms with E-state index in [4.69, 9.17) is 14.2 Å². The van der Waals surface area contributed by atoms with E-state index in [1.807, 2.05) is 18.2 Å². The Labute approximate surface area is 123 Å². The van der Waals surface area contributed by atoms with Gasteiger partial charge in [0, 0.05) is 13.5 Å². The molecule has 0 bridgehead atoms. The number of hydrogen-bond acceptors (Lipinski definition) is 5. The molecule has 114 valence electrons. The molecule has 1 aliphatic heterocycles. The number of esters is 1. The van der Waals surface area contributed by atoms with Gasteiger partial charge in [0.25, 0.3) is 0 Å². The monoisotopic (exact) mass is 293 g/mol. The number of fused-ring (bicyclic) bond motifs is 1. The number of hydrogen-bond donors (Lipinski definition) is 0. The minimum Gasteiger partial charge on any atom is -0.465 e. The van der Waals surface area contributed by atoms with Crippen LogP contribution in [0.2, 0.25) is 0 Å². The van der Waals surface area contributed by atoms with Gasteiger partial charge in [-0.15, -0.1) is 0 Å². The van der Waals surface area contributed by atoms with Crippen molar-refractivity contribution in [2.24, 2.45) is 0 Å². The van der Waals surface area contributed by atoms with Crippen molar-refractivity contribution >= 4 is 11.9 Å². The Hall–Kier alpha value is -2.24. The average molecular weight is 293 g/mol. The molecule has 0 atom stereocenters. The standard InChI is InChI=1S/C15H19NO5/c1-3-19-15(18)9-16(2)14(17)7-5-11-4-6-12-13(8-11)21-10-20-12/h4,6,8H,3,5,7,9-10H2,1-2H3. The van der Waals surface area contributed by atoms with E-state index in [1.54, 1.807) is 14.0 Å². The second-order valence-corrected chi connectivity index (χ2v) is 4.74. The van der Waals surface area contributed by atoms with Crippen molar-refractivity contribution in [1.29, 1.82) is 0 Å². The number of rotatable bonds is 6. The molecule has 1 amide bonds. The highest BCUT2D eigenvalue weighted by molar-refractivity contribution is 5.82. The lowest BCUT2D eigenvalue weighted by molar-refractivity contribution is -0.148. The SMILES string of the molecule is CCOC(=O)CN(C)C(=O)CCc1ccc2c(c1)OCO2. The van der Waals surface area contributed by atoms with Gasteiger partial charge in [-0.1, -0.05) is 6.07 Å². The average Bonchev–Trinajstić information content (AvgIpc) is 2.92. The van der Waals surface area contributed by atoms with Gasteiger partial charge in [-0.3, -0.25) is 9.59 Å². The van der Waals surface area contributed by atoms with E-state index in [0.29, 0.717) is 25.2 Å². The van der Waals surface area contributed by atoms with Crippen LogP contribution in [0.3, 0.4) is 0 Å². The molecular weight excluding hydrogens is 274 g/mol. The van der Waals surface area contributed by atoms with Gasteiger partial charge in [0.15, 0.2) is 11.5 Å². The van der Waals surface area contributed by atoms with Crippen LogP contribution in [0.4, 0.5) is 0 Å². The van der Waals surface area contributed by atoms with Gasteiger partial charge in [0.1, 0.15) is 6.54 Å². The maximum Gasteiger partial charge on any atom is 0.325 e. The molecule has 2 rings (SSSR count). The molecule has 1 aliphatic rings. The minimum absolute atomic E-state index is 0.0200. The molecular formula is C15H19NO5. The summed E-state index contributed by atoms with van der Waals surface area (Å²) in [5, 5.41) is 0. The lowest BCUT2D eigenvalue weighted by atomic mass is 10.1. The number of benzene rings is 1. The number of aryl methyl sites for hydroxylation is 1. The largest absolute Gasteiger partial charge is 0.465 e. The minimum atomic E-state index is -0.392. The quantitative estimate of drug-likeness (QED) is 0.741. The third-order valence-electron chi connectivity index (χ3n) is 3.16. The molecule has 1 heterocycles. The zero-order chi connectivity index (χ0) is 15.2. The first kappa shape index (κ1) is 15.2. The fourth-order valence-corrected chi connectivity index (χ4v) is 2.03. The van der Waals surface area contributed by atoms with Crippen LogP contribution in [0.25, 0.3) is 0 Å². The highest BCUT2D eigenvalue weighted by Gasteiger charge is 2.16. The molecule has 0 fully saturated rings. The predicted octanol–water partition coefficient (Wildman–Crippen LogP) is 1.37. The number of ether oxygens (including phenoxy) is 3. The zero-order valence-electron chi connectivity index (χ0n) is 12.3. The lowest BCUT2D eigenvalue weighted by Crippen LogP contribution is -2.33. The first-order valence-electron chi connectivity index (χ1n) is 6.88. The molecule has 0 radical (unpaired) electrons. The summed E-state index contributed by atoms with van der Waals surface area (Å²) in [7, 11) is 1.60. The normalized spacial score (nSPS) is 12.1. The van der Waals surface area contributed by atoms with Crippen molar-refractivity contribution in [3.63, 3.8) is 0 Å². The molecule has 6 heteroatoms. The maximum atomic E-state index is 12.0. The topological polar surface area (TPSA) is 65.1 Å². The Morgan fingerprint density at radius 3 is 2.81 bits per heavy atom. The van der Waals surface area contributed by atoms with E-state index in [1.165, 1.54) is 4.90 Å². The summed E-state index contributed by atoms with van der Waals surface area (Å²) in [5.74, 6) is 0.946. The number of carbonyl (C=O) groups is 2. The molecule has 1 aromatic carbocycles. The van der Waals surface area contributed by atoms with Crippen molar-refractivity contribution in [3.05, 3.63) is 23.8 Å². The summed E-state index contributed by atoms with van der Waals surface area (Å²) in [6, 6.07) is 5.62. The predicted molar refractivity (Wildman–Crippen MR) is 75.2 cm³/mol. The fraction of sp³-hybridized carbons (Fsp3) is 0.467. The van der Waals surface area contributed by atoms with Gasteiger partial charge in [-0.25, -0.2) is 0 Å². The lowest BCUT2D eigenvalue weighted by Gasteiger charge is -2.16. The summed E-state index contributed by atoms with van der Waals surface area (Å²) in [5.41, 5.74) is 0.997. The summed E-state index contributed by atoms with van der Waals surface area (Å²) in [6.07, 6.45) is 0.915. The number of carbonyl (C=O) groups excluding carboxylic acids is 2. The number of nitrogens with zero attached hydrogens (tertiary/aromatic N) is 1. The van der Waals surface area contributed by atoms with E-state index >= 15 is 0 Å². The van der Waals surface area contributed by atoms with Crippen LogP contribution in [0.5, 0.6) is 11.5 Å². The van der Waals surface area contributed by atoms with E-state index in [2.05, 4.69) is 0 Å². The van der Waals surface area contributed by atoms with Gasteiger partial charge in [0.2, 0.25) is 12.7 Å². The molecule has 0 N–H and O–H groups in total. The van der Waals surface area contributed by atoms with Crippen molar-refractivity contribution in [2.45, 2.75) is 19.8 Å². The van der Waals surface area contributed by atoms with Crippen LogP contribution in [-0.4, -0.2) is 43.8 Å². The van der Waals surface area contributed by atoms with Crippen LogP contribution in [0, 0.1) is 0 Å². The Morgan fingerprint density at radius 2 is 2.05 bits per heavy atom. The third-order valence-corrected chi connectivity index (χ3v) is 3.16. The van der Waals surface area contributed by atoms with Crippen molar-refractivity contribution in [1.82, 2.24) is 4.90 Å². The van der Waals surface area contributed by atoms with Gasteiger partial charge in [-0.05, 0) is 31.0 Å². The molecule has 6 nitrogen and oxygen atoms in total. The van der Waals surface area contributed by atoms with Crippen LogP contribution < -0.4 is 9.47 Å². The Bertz CT molecular complexity index is 529. The summed E-state index contributed by atoms with van der Waals surface area (Å²) >= 11 is 0. The first-order valence-corrected chi connectivity index (χ1v) is 6.88. The summed E-state index contributed by atoms with van der Waals surface area (Å²) < 4.78 is 15.3. The molecule has 0 aromatic heterocycles. The summed E-state index contributed by atoms with van der Waals surface area (Å²) in [4.78, 5) is 24.6. The second kappa shape index (κ2) is 6.97. The van der Waals surface area contributed by atoms with E-state index in [0.717, 1.165) is 11.3 Å². The van der Waals surface area contributed by atoms with E-state index < -0.39 is 5.97 Å². The Morgan fingerprint density at radius 1 is 1.29 bits per heavy atom. The molecule has 0 unspecified atom stereocenters. The van der Waals surface area contributed by atoms with Crippen LogP contribution in [-0.2, 0) is 20.7 Å². The maximum absolute atomic E-state index is 12.0. The Kier molecular flexibility index (Phi) is 5.03. The molecule has 1 aromatic rings. The van der Waals surface area contributed by atoms with Crippen molar-refractivity contribution in [2.75, 3.05) is 27.0 Å². The highest BCUT2D eigenvalue weighted by atomic mass is 16.7. The highest BCUT2D eigenvalue weighted by Crippen LogP contribution is 2.32. The summed E-state index contributed by atoms with van der Waals surface area (Å²) in [6.45, 7) is 2.27. The molecule has 0 saturated heterocycles. The van der Waals surface area contributed by atoms with E-state index in [9.17, 15) is 9.59 Å². The number of likely N-dealkylation sites (N-methyl/N-ethyl adjacent to an activating group) is 1. The molecule has 0 saturated carbocycles. The first-order chi connectivity index (χ1) is 10.1. The molecule has 0 aliphatic carbocycles. The zero-order valence-corrected chi connectivity index (χ0v) is 12.3. The van der Waals surface area contributed by atoms with Crippen molar-refractivity contribution in [3.8, 4) is 11.5 Å². The van der Waals surface area contributed by atoms with Crippen LogP contribution >= 0.6 is 0 Å². The second-order valence-electron chi connectivity index (χ2n) is 4.74. The van der Waals surface area contributed by atoms with Gasteiger partial charge >= 0.3 is 5.97 Å². The van der Waals surface area contributed by atoms with Crippen molar-refractivity contribution < 1.29 is 23.8 Å².